The van der Waals surface area contributed by atoms with E-state index in [1.165, 1.54) is 0 Å². The summed E-state index contributed by atoms with van der Waals surface area (Å²) in [6.45, 7) is 4.24. The molecule has 0 bridgehead atoms. The number of carbonyl (C=O) groups excluding carboxylic acids is 2. The molecule has 2 aromatic carbocycles. The van der Waals surface area contributed by atoms with Crippen molar-refractivity contribution in [2.45, 2.75) is 26.4 Å². The Morgan fingerprint density at radius 3 is 2.31 bits per heavy atom. The van der Waals surface area contributed by atoms with Gasteiger partial charge in [0.2, 0.25) is 0 Å². The van der Waals surface area contributed by atoms with Crippen molar-refractivity contribution in [2.24, 2.45) is 0 Å². The van der Waals surface area contributed by atoms with Crippen LogP contribution in [0.3, 0.4) is 0 Å². The predicted octanol–water partition coefficient (Wildman–Crippen LogP) is 3.79. The molecule has 2 amide bonds. The van der Waals surface area contributed by atoms with E-state index in [1.807, 2.05) is 60.7 Å². The van der Waals surface area contributed by atoms with Gasteiger partial charge in [-0.05, 0) is 25.0 Å². The van der Waals surface area contributed by atoms with Crippen LogP contribution in [-0.2, 0) is 16.1 Å². The van der Waals surface area contributed by atoms with E-state index in [0.717, 1.165) is 11.1 Å². The van der Waals surface area contributed by atoms with E-state index in [4.69, 9.17) is 4.74 Å². The van der Waals surface area contributed by atoms with Gasteiger partial charge in [-0.2, -0.15) is 0 Å². The first-order chi connectivity index (χ1) is 12.6. The van der Waals surface area contributed by atoms with Crippen molar-refractivity contribution in [1.82, 2.24) is 10.2 Å². The molecule has 0 radical (unpaired) electrons. The molecule has 1 aliphatic heterocycles. The zero-order valence-electron chi connectivity index (χ0n) is 14.9. The number of urea groups is 1. The third-order valence-corrected chi connectivity index (χ3v) is 4.41. The van der Waals surface area contributed by atoms with Crippen LogP contribution in [-0.4, -0.2) is 23.5 Å². The van der Waals surface area contributed by atoms with Crippen LogP contribution in [0.15, 0.2) is 71.9 Å². The highest BCUT2D eigenvalue weighted by molar-refractivity contribution is 5.95. The average molecular weight is 350 g/mol. The first-order valence-electron chi connectivity index (χ1n) is 8.66. The zero-order valence-corrected chi connectivity index (χ0v) is 14.9. The van der Waals surface area contributed by atoms with Crippen molar-refractivity contribution in [1.29, 1.82) is 0 Å². The first kappa shape index (κ1) is 17.7. The van der Waals surface area contributed by atoms with E-state index in [2.05, 4.69) is 5.32 Å². The topological polar surface area (TPSA) is 58.6 Å². The molecule has 0 aromatic heterocycles. The fourth-order valence-corrected chi connectivity index (χ4v) is 3.11. The third-order valence-electron chi connectivity index (χ3n) is 4.41. The van der Waals surface area contributed by atoms with E-state index in [-0.39, 0.29) is 12.6 Å². The van der Waals surface area contributed by atoms with Crippen LogP contribution < -0.4 is 5.32 Å². The Morgan fingerprint density at radius 2 is 1.69 bits per heavy atom. The van der Waals surface area contributed by atoms with Crippen LogP contribution >= 0.6 is 0 Å². The molecule has 1 N–H and O–H groups in total. The molecule has 1 heterocycles. The Labute approximate surface area is 153 Å². The Bertz CT molecular complexity index is 816. The first-order valence-corrected chi connectivity index (χ1v) is 8.66. The van der Waals surface area contributed by atoms with Crippen molar-refractivity contribution in [3.63, 3.8) is 0 Å². The maximum absolute atomic E-state index is 12.7. The van der Waals surface area contributed by atoms with Gasteiger partial charge in [-0.3, -0.25) is 4.90 Å². The highest BCUT2D eigenvalue weighted by Gasteiger charge is 2.36. The summed E-state index contributed by atoms with van der Waals surface area (Å²) < 4.78 is 5.26. The Kier molecular flexibility index (Phi) is 5.37. The number of nitrogens with zero attached hydrogens (tertiary/aromatic N) is 1. The summed E-state index contributed by atoms with van der Waals surface area (Å²) in [5.74, 6) is -0.406. The van der Waals surface area contributed by atoms with Gasteiger partial charge in [0.05, 0.1) is 24.8 Å². The molecule has 1 aliphatic rings. The maximum atomic E-state index is 12.7. The molecule has 5 heteroatoms. The second-order valence-corrected chi connectivity index (χ2v) is 6.08. The average Bonchev–Trinajstić information content (AvgIpc) is 2.66. The van der Waals surface area contributed by atoms with Crippen molar-refractivity contribution in [3.05, 3.63) is 83.1 Å². The minimum Gasteiger partial charge on any atom is -0.463 e. The van der Waals surface area contributed by atoms with E-state index < -0.39 is 12.0 Å². The number of amides is 2. The van der Waals surface area contributed by atoms with Gasteiger partial charge in [0.15, 0.2) is 0 Å². The molecule has 0 fully saturated rings. The molecule has 0 unspecified atom stereocenters. The van der Waals surface area contributed by atoms with Gasteiger partial charge < -0.3 is 10.1 Å². The Hall–Kier alpha value is -3.08. The summed E-state index contributed by atoms with van der Waals surface area (Å²) in [6, 6.07) is 18.4. The molecule has 0 aliphatic carbocycles. The number of hydrogen-bond donors (Lipinski definition) is 1. The number of hydrogen-bond acceptors (Lipinski definition) is 3. The van der Waals surface area contributed by atoms with Gasteiger partial charge in [0.25, 0.3) is 0 Å². The highest BCUT2D eigenvalue weighted by atomic mass is 16.5. The van der Waals surface area contributed by atoms with Crippen LogP contribution in [0.5, 0.6) is 0 Å². The summed E-state index contributed by atoms with van der Waals surface area (Å²) in [4.78, 5) is 27.0. The second-order valence-electron chi connectivity index (χ2n) is 6.08. The number of allylic oxidation sites excluding steroid dienone is 1. The van der Waals surface area contributed by atoms with Crippen molar-refractivity contribution in [2.75, 3.05) is 6.61 Å². The lowest BCUT2D eigenvalue weighted by molar-refractivity contribution is -0.139. The maximum Gasteiger partial charge on any atom is 0.338 e. The summed E-state index contributed by atoms with van der Waals surface area (Å²) >= 11 is 0. The Morgan fingerprint density at radius 1 is 1.08 bits per heavy atom. The highest BCUT2D eigenvalue weighted by Crippen LogP contribution is 2.32. The summed E-state index contributed by atoms with van der Waals surface area (Å²) in [7, 11) is 0. The van der Waals surface area contributed by atoms with Crippen LogP contribution in [0.4, 0.5) is 4.79 Å². The zero-order chi connectivity index (χ0) is 18.5. The Balaban J connectivity index is 2.01. The lowest BCUT2D eigenvalue weighted by atomic mass is 9.94. The summed E-state index contributed by atoms with van der Waals surface area (Å²) in [6.07, 6.45) is 0. The normalized spacial score (nSPS) is 17.1. The summed E-state index contributed by atoms with van der Waals surface area (Å²) in [5.41, 5.74) is 2.92. The van der Waals surface area contributed by atoms with Gasteiger partial charge in [-0.1, -0.05) is 60.7 Å². The fraction of sp³-hybridized carbons (Fsp3) is 0.238. The molecule has 134 valence electrons. The minimum absolute atomic E-state index is 0.228. The smallest absolute Gasteiger partial charge is 0.338 e. The van der Waals surface area contributed by atoms with Crippen LogP contribution in [0.1, 0.15) is 31.0 Å². The van der Waals surface area contributed by atoms with Gasteiger partial charge in [-0.25, -0.2) is 9.59 Å². The van der Waals surface area contributed by atoms with Crippen LogP contribution in [0.25, 0.3) is 0 Å². The van der Waals surface area contributed by atoms with Gasteiger partial charge in [0.1, 0.15) is 0 Å². The van der Waals surface area contributed by atoms with E-state index in [0.29, 0.717) is 17.8 Å². The lowest BCUT2D eigenvalue weighted by Crippen LogP contribution is -2.47. The predicted molar refractivity (Wildman–Crippen MR) is 99.0 cm³/mol. The SMILES string of the molecule is CCOC(=O)C1=C(C)N(Cc2ccccc2)C(=O)N[C@@H]1c1ccccc1. The van der Waals surface area contributed by atoms with E-state index in [9.17, 15) is 9.59 Å². The number of ether oxygens (including phenoxy) is 1. The quantitative estimate of drug-likeness (QED) is 0.835. The fourth-order valence-electron chi connectivity index (χ4n) is 3.11. The van der Waals surface area contributed by atoms with Crippen molar-refractivity contribution in [3.8, 4) is 0 Å². The minimum atomic E-state index is -0.519. The van der Waals surface area contributed by atoms with Gasteiger partial charge in [-0.15, -0.1) is 0 Å². The lowest BCUT2D eigenvalue weighted by Gasteiger charge is -2.35. The molecule has 5 nitrogen and oxygen atoms in total. The second kappa shape index (κ2) is 7.87. The number of benzene rings is 2. The molecule has 0 saturated heterocycles. The van der Waals surface area contributed by atoms with Crippen molar-refractivity contribution >= 4 is 12.0 Å². The van der Waals surface area contributed by atoms with E-state index >= 15 is 0 Å². The molecular formula is C21H22N2O3. The number of esters is 1. The third kappa shape index (κ3) is 3.61. The van der Waals surface area contributed by atoms with E-state index in [1.54, 1.807) is 18.7 Å². The van der Waals surface area contributed by atoms with Crippen LogP contribution in [0, 0.1) is 0 Å². The molecular weight excluding hydrogens is 328 g/mol. The largest absolute Gasteiger partial charge is 0.463 e. The van der Waals surface area contributed by atoms with Crippen LogP contribution in [0.2, 0.25) is 0 Å². The number of carbonyl (C=O) groups is 2. The van der Waals surface area contributed by atoms with Gasteiger partial charge in [0, 0.05) is 5.70 Å². The summed E-state index contributed by atoms with van der Waals surface area (Å²) in [5, 5.41) is 2.95. The van der Waals surface area contributed by atoms with Gasteiger partial charge >= 0.3 is 12.0 Å². The molecule has 3 rings (SSSR count). The molecule has 0 spiro atoms. The standard InChI is InChI=1S/C21H22N2O3/c1-3-26-20(24)18-15(2)23(14-16-10-6-4-7-11-16)21(25)22-19(18)17-12-8-5-9-13-17/h4-13,19H,3,14H2,1-2H3,(H,22,25)/t19-/m1/s1. The number of rotatable bonds is 5. The number of nitrogens with one attached hydrogen (secondary N) is 1. The molecule has 26 heavy (non-hydrogen) atoms. The monoisotopic (exact) mass is 350 g/mol. The molecule has 0 saturated carbocycles. The molecule has 2 aromatic rings. The molecule has 1 atom stereocenters. The van der Waals surface area contributed by atoms with Crippen molar-refractivity contribution < 1.29 is 14.3 Å².